The second-order valence-electron chi connectivity index (χ2n) is 4.17. The molecular formula is C14H17N. The molecule has 1 aliphatic rings. The lowest BCUT2D eigenvalue weighted by atomic mass is 9.77. The van der Waals surface area contributed by atoms with E-state index in [0.29, 0.717) is 0 Å². The van der Waals surface area contributed by atoms with Gasteiger partial charge in [0.05, 0.1) is 0 Å². The fourth-order valence-corrected chi connectivity index (χ4v) is 2.24. The van der Waals surface area contributed by atoms with Crippen LogP contribution in [0.1, 0.15) is 42.5 Å². The summed E-state index contributed by atoms with van der Waals surface area (Å²) in [6, 6.07) is 4.39. The van der Waals surface area contributed by atoms with E-state index < -0.39 is 0 Å². The average Bonchev–Trinajstić information content (AvgIpc) is 2.20. The number of benzene rings is 1. The molecule has 1 heteroatoms. The SMILES string of the molecule is C/C=C1\Cc2cc(C)cc(C(=N)CC)c21. The molecule has 78 valence electrons. The van der Waals surface area contributed by atoms with Crippen molar-refractivity contribution < 1.29 is 0 Å². The van der Waals surface area contributed by atoms with Gasteiger partial charge in [-0.2, -0.15) is 0 Å². The summed E-state index contributed by atoms with van der Waals surface area (Å²) >= 11 is 0. The molecule has 0 atom stereocenters. The molecule has 0 radical (unpaired) electrons. The normalized spacial score (nSPS) is 16.1. The van der Waals surface area contributed by atoms with Crippen molar-refractivity contribution in [3.05, 3.63) is 40.5 Å². The number of allylic oxidation sites excluding steroid dienone is 2. The molecule has 0 aromatic heterocycles. The van der Waals surface area contributed by atoms with E-state index in [1.54, 1.807) is 0 Å². The number of hydrogen-bond acceptors (Lipinski definition) is 1. The van der Waals surface area contributed by atoms with Gasteiger partial charge in [-0.1, -0.05) is 24.6 Å². The fraction of sp³-hybridized carbons (Fsp3) is 0.357. The summed E-state index contributed by atoms with van der Waals surface area (Å²) in [5.74, 6) is 0. The molecule has 1 N–H and O–H groups in total. The number of nitrogens with one attached hydrogen (secondary N) is 1. The molecule has 0 saturated heterocycles. The van der Waals surface area contributed by atoms with Crippen LogP contribution in [-0.2, 0) is 6.42 Å². The van der Waals surface area contributed by atoms with E-state index in [4.69, 9.17) is 5.41 Å². The molecule has 0 amide bonds. The lowest BCUT2D eigenvalue weighted by Gasteiger charge is -2.27. The molecule has 2 rings (SSSR count). The number of aryl methyl sites for hydroxylation is 1. The number of hydrogen-bond donors (Lipinski definition) is 1. The van der Waals surface area contributed by atoms with Gasteiger partial charge in [0.2, 0.25) is 0 Å². The standard InChI is InChI=1S/C14H17N/c1-4-10-8-11-6-9(3)7-12(14(10)11)13(15)5-2/h4,6-7,15H,5,8H2,1-3H3/b10-4+,15-13?. The van der Waals surface area contributed by atoms with E-state index in [0.717, 1.165) is 24.1 Å². The van der Waals surface area contributed by atoms with Gasteiger partial charge >= 0.3 is 0 Å². The quantitative estimate of drug-likeness (QED) is 0.702. The molecule has 0 spiro atoms. The topological polar surface area (TPSA) is 23.9 Å². The van der Waals surface area contributed by atoms with Crippen molar-refractivity contribution in [1.29, 1.82) is 5.41 Å². The molecule has 1 aromatic carbocycles. The second kappa shape index (κ2) is 3.65. The summed E-state index contributed by atoms with van der Waals surface area (Å²) < 4.78 is 0. The zero-order valence-electron chi connectivity index (χ0n) is 9.65. The highest BCUT2D eigenvalue weighted by molar-refractivity contribution is 6.05. The van der Waals surface area contributed by atoms with Crippen molar-refractivity contribution in [3.8, 4) is 0 Å². The van der Waals surface area contributed by atoms with Crippen molar-refractivity contribution >= 4 is 11.3 Å². The Morgan fingerprint density at radius 2 is 2.20 bits per heavy atom. The lowest BCUT2D eigenvalue weighted by molar-refractivity contribution is 1.12. The van der Waals surface area contributed by atoms with Crippen LogP contribution >= 0.6 is 0 Å². The van der Waals surface area contributed by atoms with E-state index in [-0.39, 0.29) is 0 Å². The van der Waals surface area contributed by atoms with Crippen LogP contribution in [0, 0.1) is 12.3 Å². The predicted octanol–water partition coefficient (Wildman–Crippen LogP) is 3.73. The Kier molecular flexibility index (Phi) is 2.47. The van der Waals surface area contributed by atoms with E-state index in [9.17, 15) is 0 Å². The van der Waals surface area contributed by atoms with E-state index >= 15 is 0 Å². The molecule has 1 nitrogen and oxygen atoms in total. The second-order valence-corrected chi connectivity index (χ2v) is 4.17. The summed E-state index contributed by atoms with van der Waals surface area (Å²) in [5, 5.41) is 7.98. The average molecular weight is 199 g/mol. The third-order valence-corrected chi connectivity index (χ3v) is 3.09. The van der Waals surface area contributed by atoms with Crippen LogP contribution in [0.3, 0.4) is 0 Å². The first-order valence-electron chi connectivity index (χ1n) is 5.54. The van der Waals surface area contributed by atoms with Crippen molar-refractivity contribution in [3.63, 3.8) is 0 Å². The summed E-state index contributed by atoms with van der Waals surface area (Å²) in [6.45, 7) is 6.24. The van der Waals surface area contributed by atoms with Gasteiger partial charge in [0, 0.05) is 11.3 Å². The van der Waals surface area contributed by atoms with E-state index in [2.05, 4.69) is 32.1 Å². The van der Waals surface area contributed by atoms with Crippen LogP contribution in [-0.4, -0.2) is 5.71 Å². The Bertz CT molecular complexity index is 453. The minimum absolute atomic E-state index is 0.758. The van der Waals surface area contributed by atoms with Gasteiger partial charge in [0.15, 0.2) is 0 Å². The van der Waals surface area contributed by atoms with Crippen molar-refractivity contribution in [2.45, 2.75) is 33.6 Å². The summed E-state index contributed by atoms with van der Waals surface area (Å²) in [5.41, 5.74) is 7.32. The molecule has 0 saturated carbocycles. The molecule has 0 unspecified atom stereocenters. The van der Waals surface area contributed by atoms with Crippen LogP contribution in [0.4, 0.5) is 0 Å². The van der Waals surface area contributed by atoms with Crippen LogP contribution in [0.25, 0.3) is 5.57 Å². The smallest absolute Gasteiger partial charge is 0.0389 e. The molecule has 1 aromatic rings. The maximum atomic E-state index is 7.98. The third-order valence-electron chi connectivity index (χ3n) is 3.09. The molecule has 1 aliphatic carbocycles. The zero-order valence-corrected chi connectivity index (χ0v) is 9.65. The van der Waals surface area contributed by atoms with Crippen LogP contribution < -0.4 is 0 Å². The Labute approximate surface area is 91.3 Å². The Hall–Kier alpha value is -1.37. The van der Waals surface area contributed by atoms with Gasteiger partial charge in [0.25, 0.3) is 0 Å². The van der Waals surface area contributed by atoms with Crippen molar-refractivity contribution in [2.24, 2.45) is 0 Å². The first-order chi connectivity index (χ1) is 7.17. The zero-order chi connectivity index (χ0) is 11.0. The highest BCUT2D eigenvalue weighted by Gasteiger charge is 2.23. The molecular weight excluding hydrogens is 182 g/mol. The predicted molar refractivity (Wildman–Crippen MR) is 65.7 cm³/mol. The third kappa shape index (κ3) is 1.52. The van der Waals surface area contributed by atoms with Crippen molar-refractivity contribution in [2.75, 3.05) is 0 Å². The summed E-state index contributed by atoms with van der Waals surface area (Å²) in [6.07, 6.45) is 4.06. The van der Waals surface area contributed by atoms with E-state index in [1.807, 2.05) is 6.92 Å². The molecule has 15 heavy (non-hydrogen) atoms. The van der Waals surface area contributed by atoms with Crippen LogP contribution in [0.2, 0.25) is 0 Å². The van der Waals surface area contributed by atoms with Crippen molar-refractivity contribution in [1.82, 2.24) is 0 Å². The first-order valence-corrected chi connectivity index (χ1v) is 5.54. The van der Waals surface area contributed by atoms with Gasteiger partial charge in [-0.05, 0) is 49.5 Å². The Morgan fingerprint density at radius 3 is 2.80 bits per heavy atom. The van der Waals surface area contributed by atoms with Gasteiger partial charge in [-0.15, -0.1) is 0 Å². The maximum absolute atomic E-state index is 7.98. The number of rotatable bonds is 2. The molecule has 0 bridgehead atoms. The Morgan fingerprint density at radius 1 is 1.47 bits per heavy atom. The monoisotopic (exact) mass is 199 g/mol. The fourth-order valence-electron chi connectivity index (χ4n) is 2.24. The van der Waals surface area contributed by atoms with Gasteiger partial charge in [-0.3, -0.25) is 0 Å². The minimum atomic E-state index is 0.758. The van der Waals surface area contributed by atoms with E-state index in [1.165, 1.54) is 22.3 Å². The van der Waals surface area contributed by atoms with Gasteiger partial charge in [0.1, 0.15) is 0 Å². The maximum Gasteiger partial charge on any atom is 0.0389 e. The highest BCUT2D eigenvalue weighted by Crippen LogP contribution is 2.38. The van der Waals surface area contributed by atoms with Gasteiger partial charge in [-0.25, -0.2) is 0 Å². The molecule has 0 heterocycles. The molecule has 0 aliphatic heterocycles. The minimum Gasteiger partial charge on any atom is -0.305 e. The largest absolute Gasteiger partial charge is 0.305 e. The lowest BCUT2D eigenvalue weighted by Crippen LogP contribution is -2.14. The molecule has 0 fully saturated rings. The summed E-state index contributed by atoms with van der Waals surface area (Å²) in [4.78, 5) is 0. The van der Waals surface area contributed by atoms with Crippen LogP contribution in [0.15, 0.2) is 18.2 Å². The van der Waals surface area contributed by atoms with Crippen LogP contribution in [0.5, 0.6) is 0 Å². The first kappa shape index (κ1) is 10.2. The Balaban J connectivity index is 2.59. The summed E-state index contributed by atoms with van der Waals surface area (Å²) in [7, 11) is 0. The number of fused-ring (bicyclic) bond motifs is 1. The highest BCUT2D eigenvalue weighted by atomic mass is 14.4. The van der Waals surface area contributed by atoms with Gasteiger partial charge < -0.3 is 5.41 Å².